The van der Waals surface area contributed by atoms with E-state index in [1.54, 1.807) is 6.26 Å². The summed E-state index contributed by atoms with van der Waals surface area (Å²) in [6.07, 6.45) is 3.25. The summed E-state index contributed by atoms with van der Waals surface area (Å²) in [6, 6.07) is 11.7. The Balaban J connectivity index is 2.23. The fourth-order valence-electron chi connectivity index (χ4n) is 1.88. The highest BCUT2D eigenvalue weighted by Gasteiger charge is 2.14. The van der Waals surface area contributed by atoms with E-state index in [1.807, 2.05) is 43.3 Å². The average Bonchev–Trinajstić information content (AvgIpc) is 2.80. The number of hydrogen-bond donors (Lipinski definition) is 0. The van der Waals surface area contributed by atoms with E-state index in [-0.39, 0.29) is 5.92 Å². The molecule has 0 amide bonds. The van der Waals surface area contributed by atoms with E-state index < -0.39 is 0 Å². The van der Waals surface area contributed by atoms with Crippen molar-refractivity contribution in [2.45, 2.75) is 19.3 Å². The van der Waals surface area contributed by atoms with Gasteiger partial charge in [0.25, 0.3) is 0 Å². The van der Waals surface area contributed by atoms with E-state index in [1.165, 1.54) is 0 Å². The second-order valence-electron chi connectivity index (χ2n) is 3.88. The topological polar surface area (TPSA) is 30.2 Å². The summed E-state index contributed by atoms with van der Waals surface area (Å²) in [5.41, 5.74) is 2.22. The molecule has 0 aliphatic rings. The molecule has 16 heavy (non-hydrogen) atoms. The maximum absolute atomic E-state index is 11.1. The van der Waals surface area contributed by atoms with Crippen molar-refractivity contribution >= 4 is 6.29 Å². The van der Waals surface area contributed by atoms with Crippen molar-refractivity contribution in [1.29, 1.82) is 0 Å². The van der Waals surface area contributed by atoms with Crippen LogP contribution in [0, 0.1) is 6.92 Å². The third kappa shape index (κ3) is 2.22. The lowest BCUT2D eigenvalue weighted by atomic mass is 9.92. The Labute approximate surface area is 94.9 Å². The molecule has 2 nitrogen and oxygen atoms in total. The molecule has 1 atom stereocenters. The standard InChI is InChI=1S/C14H14O2/c1-11-5-2-3-7-14(11)12(10-15)9-13-6-4-8-16-13/h2-8,10,12H,9H2,1H3. The molecular formula is C14H14O2. The highest BCUT2D eigenvalue weighted by molar-refractivity contribution is 5.63. The SMILES string of the molecule is Cc1ccccc1C(C=O)Cc1ccco1. The van der Waals surface area contributed by atoms with Crippen molar-refractivity contribution in [3.8, 4) is 0 Å². The summed E-state index contributed by atoms with van der Waals surface area (Å²) < 4.78 is 5.27. The van der Waals surface area contributed by atoms with Gasteiger partial charge < -0.3 is 9.21 Å². The van der Waals surface area contributed by atoms with Crippen molar-refractivity contribution in [2.24, 2.45) is 0 Å². The van der Waals surface area contributed by atoms with Crippen molar-refractivity contribution in [2.75, 3.05) is 0 Å². The number of hydrogen-bond acceptors (Lipinski definition) is 2. The van der Waals surface area contributed by atoms with E-state index in [0.29, 0.717) is 6.42 Å². The number of carbonyl (C=O) groups excluding carboxylic acids is 1. The molecular weight excluding hydrogens is 200 g/mol. The number of aryl methyl sites for hydroxylation is 1. The van der Waals surface area contributed by atoms with Gasteiger partial charge in [-0.05, 0) is 30.2 Å². The highest BCUT2D eigenvalue weighted by Crippen LogP contribution is 2.22. The second kappa shape index (κ2) is 4.79. The maximum Gasteiger partial charge on any atom is 0.127 e. The predicted octanol–water partition coefficient (Wildman–Crippen LogP) is 3.11. The molecule has 0 N–H and O–H groups in total. The molecule has 0 spiro atoms. The number of rotatable bonds is 4. The first kappa shape index (κ1) is 10.7. The largest absolute Gasteiger partial charge is 0.469 e. The molecule has 0 radical (unpaired) electrons. The van der Waals surface area contributed by atoms with Crippen LogP contribution in [-0.2, 0) is 11.2 Å². The minimum absolute atomic E-state index is 0.118. The lowest BCUT2D eigenvalue weighted by molar-refractivity contribution is -0.109. The molecule has 1 aromatic heterocycles. The molecule has 2 aromatic rings. The lowest BCUT2D eigenvalue weighted by Crippen LogP contribution is -2.05. The zero-order chi connectivity index (χ0) is 11.4. The van der Waals surface area contributed by atoms with Crippen LogP contribution in [0.1, 0.15) is 22.8 Å². The Morgan fingerprint density at radius 1 is 1.25 bits per heavy atom. The van der Waals surface area contributed by atoms with Gasteiger partial charge in [0.05, 0.1) is 6.26 Å². The van der Waals surface area contributed by atoms with Crippen LogP contribution in [0.15, 0.2) is 47.1 Å². The first-order chi connectivity index (χ1) is 7.81. The van der Waals surface area contributed by atoms with Crippen LogP contribution in [0.2, 0.25) is 0 Å². The summed E-state index contributed by atoms with van der Waals surface area (Å²) in [4.78, 5) is 11.1. The monoisotopic (exact) mass is 214 g/mol. The summed E-state index contributed by atoms with van der Waals surface area (Å²) in [7, 11) is 0. The van der Waals surface area contributed by atoms with Crippen LogP contribution >= 0.6 is 0 Å². The van der Waals surface area contributed by atoms with Crippen LogP contribution in [0.4, 0.5) is 0 Å². The molecule has 2 heteroatoms. The second-order valence-corrected chi connectivity index (χ2v) is 3.88. The van der Waals surface area contributed by atoms with Gasteiger partial charge in [0, 0.05) is 12.3 Å². The summed E-state index contributed by atoms with van der Waals surface area (Å²) in [5.74, 6) is 0.729. The number of carbonyl (C=O) groups is 1. The minimum Gasteiger partial charge on any atom is -0.469 e. The first-order valence-electron chi connectivity index (χ1n) is 5.34. The van der Waals surface area contributed by atoms with Crippen molar-refractivity contribution in [1.82, 2.24) is 0 Å². The van der Waals surface area contributed by atoms with Gasteiger partial charge in [-0.25, -0.2) is 0 Å². The molecule has 1 unspecified atom stereocenters. The van der Waals surface area contributed by atoms with E-state index in [0.717, 1.165) is 23.2 Å². The van der Waals surface area contributed by atoms with Crippen molar-refractivity contribution < 1.29 is 9.21 Å². The molecule has 0 fully saturated rings. The fraction of sp³-hybridized carbons (Fsp3) is 0.214. The van der Waals surface area contributed by atoms with Gasteiger partial charge in [0.2, 0.25) is 0 Å². The molecule has 82 valence electrons. The zero-order valence-electron chi connectivity index (χ0n) is 9.22. The molecule has 0 saturated heterocycles. The van der Waals surface area contributed by atoms with Gasteiger partial charge in [0.15, 0.2) is 0 Å². The average molecular weight is 214 g/mol. The Morgan fingerprint density at radius 2 is 2.06 bits per heavy atom. The third-order valence-electron chi connectivity index (χ3n) is 2.75. The van der Waals surface area contributed by atoms with Gasteiger partial charge in [-0.3, -0.25) is 0 Å². The van der Waals surface area contributed by atoms with E-state index >= 15 is 0 Å². The van der Waals surface area contributed by atoms with Crippen LogP contribution in [0.5, 0.6) is 0 Å². The molecule has 1 heterocycles. The maximum atomic E-state index is 11.1. The van der Waals surface area contributed by atoms with E-state index in [9.17, 15) is 4.79 Å². The summed E-state index contributed by atoms with van der Waals surface area (Å²) >= 11 is 0. The molecule has 2 rings (SSSR count). The number of benzene rings is 1. The van der Waals surface area contributed by atoms with Crippen LogP contribution in [-0.4, -0.2) is 6.29 Å². The Kier molecular flexibility index (Phi) is 3.20. The first-order valence-corrected chi connectivity index (χ1v) is 5.34. The Hall–Kier alpha value is -1.83. The highest BCUT2D eigenvalue weighted by atomic mass is 16.3. The van der Waals surface area contributed by atoms with Crippen molar-refractivity contribution in [3.63, 3.8) is 0 Å². The predicted molar refractivity (Wildman–Crippen MR) is 62.4 cm³/mol. The number of aldehydes is 1. The molecule has 0 aliphatic heterocycles. The van der Waals surface area contributed by atoms with Gasteiger partial charge >= 0.3 is 0 Å². The van der Waals surface area contributed by atoms with Gasteiger partial charge in [-0.15, -0.1) is 0 Å². The smallest absolute Gasteiger partial charge is 0.127 e. The summed E-state index contributed by atoms with van der Waals surface area (Å²) in [6.45, 7) is 2.02. The van der Waals surface area contributed by atoms with Gasteiger partial charge in [-0.2, -0.15) is 0 Å². The normalized spacial score (nSPS) is 12.3. The Bertz CT molecular complexity index is 457. The van der Waals surface area contributed by atoms with E-state index in [2.05, 4.69) is 0 Å². The lowest BCUT2D eigenvalue weighted by Gasteiger charge is -2.11. The molecule has 0 aliphatic carbocycles. The minimum atomic E-state index is -0.118. The third-order valence-corrected chi connectivity index (χ3v) is 2.75. The zero-order valence-corrected chi connectivity index (χ0v) is 9.22. The fourth-order valence-corrected chi connectivity index (χ4v) is 1.88. The van der Waals surface area contributed by atoms with Crippen LogP contribution in [0.3, 0.4) is 0 Å². The molecule has 1 aromatic carbocycles. The quantitative estimate of drug-likeness (QED) is 0.732. The Morgan fingerprint density at radius 3 is 2.69 bits per heavy atom. The molecule has 0 saturated carbocycles. The molecule has 0 bridgehead atoms. The van der Waals surface area contributed by atoms with Gasteiger partial charge in [0.1, 0.15) is 12.0 Å². The van der Waals surface area contributed by atoms with Gasteiger partial charge in [-0.1, -0.05) is 24.3 Å². The van der Waals surface area contributed by atoms with Crippen LogP contribution in [0.25, 0.3) is 0 Å². The summed E-state index contributed by atoms with van der Waals surface area (Å²) in [5, 5.41) is 0. The van der Waals surface area contributed by atoms with Crippen molar-refractivity contribution in [3.05, 3.63) is 59.5 Å². The van der Waals surface area contributed by atoms with E-state index in [4.69, 9.17) is 4.42 Å². The van der Waals surface area contributed by atoms with Crippen LogP contribution < -0.4 is 0 Å². The number of furan rings is 1.